The molecule has 0 saturated heterocycles. The molecular weight excluding hydrogens is 410 g/mol. The molecule has 1 atom stereocenters. The van der Waals surface area contributed by atoms with E-state index in [1.807, 2.05) is 0 Å². The van der Waals surface area contributed by atoms with E-state index in [-0.39, 0.29) is 17.8 Å². The minimum atomic E-state index is -3.92. The lowest BCUT2D eigenvalue weighted by Crippen LogP contribution is -2.47. The Morgan fingerprint density at radius 1 is 1.30 bits per heavy atom. The predicted molar refractivity (Wildman–Crippen MR) is 115 cm³/mol. The first kappa shape index (κ1) is 22.9. The number of nitrogens with one attached hydrogen (secondary N) is 1. The molecule has 0 aromatic heterocycles. The van der Waals surface area contributed by atoms with Gasteiger partial charge in [0.1, 0.15) is 18.4 Å². The Bertz CT molecular complexity index is 1040. The maximum absolute atomic E-state index is 12.9. The van der Waals surface area contributed by atoms with Gasteiger partial charge in [-0.1, -0.05) is 31.7 Å². The molecule has 2 aromatic rings. The average molecular weight is 433 g/mol. The van der Waals surface area contributed by atoms with E-state index in [2.05, 4.69) is 11.9 Å². The first-order valence-corrected chi connectivity index (χ1v) is 10.9. The average Bonchev–Trinajstić information content (AvgIpc) is 2.69. The van der Waals surface area contributed by atoms with Crippen molar-refractivity contribution in [3.63, 3.8) is 0 Å². The van der Waals surface area contributed by atoms with E-state index in [4.69, 9.17) is 4.74 Å². The largest absolute Gasteiger partial charge is 0.489 e. The van der Waals surface area contributed by atoms with Crippen molar-refractivity contribution in [2.45, 2.75) is 19.4 Å². The molecule has 0 spiro atoms. The summed E-state index contributed by atoms with van der Waals surface area (Å²) in [6.45, 7) is 5.52. The molecule has 1 unspecified atom stereocenters. The van der Waals surface area contributed by atoms with Crippen LogP contribution in [0.5, 0.6) is 5.75 Å². The van der Waals surface area contributed by atoms with Crippen LogP contribution in [0, 0.1) is 10.1 Å². The van der Waals surface area contributed by atoms with Gasteiger partial charge in [0.2, 0.25) is 15.9 Å². The minimum absolute atomic E-state index is 0.0387. The zero-order chi connectivity index (χ0) is 22.3. The number of nitrogens with zero attached hydrogens (tertiary/aromatic N) is 2. The Labute approximate surface area is 175 Å². The zero-order valence-corrected chi connectivity index (χ0v) is 17.5. The monoisotopic (exact) mass is 433 g/mol. The van der Waals surface area contributed by atoms with Crippen LogP contribution in [0.25, 0.3) is 0 Å². The van der Waals surface area contributed by atoms with E-state index < -0.39 is 26.9 Å². The Hall–Kier alpha value is -3.40. The van der Waals surface area contributed by atoms with E-state index in [0.717, 1.165) is 16.6 Å². The Morgan fingerprint density at radius 3 is 2.60 bits per heavy atom. The highest BCUT2D eigenvalue weighted by Crippen LogP contribution is 2.27. The molecule has 0 heterocycles. The van der Waals surface area contributed by atoms with Crippen molar-refractivity contribution >= 4 is 33.0 Å². The highest BCUT2D eigenvalue weighted by Gasteiger charge is 2.32. The SMILES string of the molecule is C=CCOc1cccc(NC(=O)C(CC)N(c2cccc([N+](=O)[O-])c2)S(C)(=O)=O)c1. The van der Waals surface area contributed by atoms with Crippen molar-refractivity contribution in [1.82, 2.24) is 0 Å². The van der Waals surface area contributed by atoms with Gasteiger partial charge in [-0.3, -0.25) is 19.2 Å². The topological polar surface area (TPSA) is 119 Å². The van der Waals surface area contributed by atoms with Crippen LogP contribution in [-0.2, 0) is 14.8 Å². The van der Waals surface area contributed by atoms with Crippen LogP contribution >= 0.6 is 0 Å². The number of anilines is 2. The molecule has 2 aromatic carbocycles. The van der Waals surface area contributed by atoms with Gasteiger partial charge >= 0.3 is 0 Å². The Morgan fingerprint density at radius 2 is 2.00 bits per heavy atom. The van der Waals surface area contributed by atoms with Gasteiger partial charge in [0.15, 0.2) is 0 Å². The lowest BCUT2D eigenvalue weighted by Gasteiger charge is -2.30. The molecule has 10 heteroatoms. The van der Waals surface area contributed by atoms with Crippen LogP contribution in [0.2, 0.25) is 0 Å². The third kappa shape index (κ3) is 5.80. The van der Waals surface area contributed by atoms with Gasteiger partial charge in [-0.05, 0) is 24.6 Å². The summed E-state index contributed by atoms with van der Waals surface area (Å²) in [5.41, 5.74) is 0.188. The Balaban J connectivity index is 2.36. The summed E-state index contributed by atoms with van der Waals surface area (Å²) in [5.74, 6) is -0.0605. The van der Waals surface area contributed by atoms with Gasteiger partial charge in [-0.15, -0.1) is 0 Å². The first-order chi connectivity index (χ1) is 14.2. The smallest absolute Gasteiger partial charge is 0.271 e. The van der Waals surface area contributed by atoms with Gasteiger partial charge < -0.3 is 10.1 Å². The molecule has 9 nitrogen and oxygen atoms in total. The molecule has 0 fully saturated rings. The molecule has 1 N–H and O–H groups in total. The van der Waals surface area contributed by atoms with Crippen LogP contribution < -0.4 is 14.4 Å². The van der Waals surface area contributed by atoms with Gasteiger partial charge in [0.05, 0.1) is 16.9 Å². The van der Waals surface area contributed by atoms with Crippen LogP contribution in [0.1, 0.15) is 13.3 Å². The van der Waals surface area contributed by atoms with Crippen LogP contribution in [0.15, 0.2) is 61.2 Å². The molecule has 160 valence electrons. The van der Waals surface area contributed by atoms with Crippen LogP contribution in [0.4, 0.5) is 17.1 Å². The molecule has 1 amide bonds. The first-order valence-electron chi connectivity index (χ1n) is 9.05. The van der Waals surface area contributed by atoms with E-state index in [9.17, 15) is 23.3 Å². The van der Waals surface area contributed by atoms with Crippen molar-refractivity contribution in [1.29, 1.82) is 0 Å². The van der Waals surface area contributed by atoms with Crippen LogP contribution in [0.3, 0.4) is 0 Å². The number of nitro benzene ring substituents is 1. The van der Waals surface area contributed by atoms with Crippen molar-refractivity contribution < 1.29 is 22.9 Å². The number of hydrogen-bond acceptors (Lipinski definition) is 6. The number of nitro groups is 1. The maximum Gasteiger partial charge on any atom is 0.271 e. The van der Waals surface area contributed by atoms with Gasteiger partial charge in [0.25, 0.3) is 5.69 Å². The summed E-state index contributed by atoms with van der Waals surface area (Å²) in [5, 5.41) is 13.8. The lowest BCUT2D eigenvalue weighted by atomic mass is 10.1. The van der Waals surface area contributed by atoms with E-state index in [1.165, 1.54) is 18.2 Å². The Kier molecular flexibility index (Phi) is 7.54. The second-order valence-electron chi connectivity index (χ2n) is 6.38. The lowest BCUT2D eigenvalue weighted by molar-refractivity contribution is -0.384. The van der Waals surface area contributed by atoms with Crippen molar-refractivity contribution in [3.8, 4) is 5.75 Å². The molecule has 0 aliphatic heterocycles. The number of ether oxygens (including phenoxy) is 1. The fourth-order valence-electron chi connectivity index (χ4n) is 2.85. The molecular formula is C20H23N3O6S. The number of non-ortho nitro benzene ring substituents is 1. The van der Waals surface area contributed by atoms with E-state index in [0.29, 0.717) is 18.0 Å². The number of carbonyl (C=O) groups is 1. The number of rotatable bonds is 10. The summed E-state index contributed by atoms with van der Waals surface area (Å²) < 4.78 is 31.3. The molecule has 0 aliphatic carbocycles. The molecule has 0 radical (unpaired) electrons. The van der Waals surface area contributed by atoms with Crippen molar-refractivity contribution in [2.24, 2.45) is 0 Å². The van der Waals surface area contributed by atoms with Crippen LogP contribution in [-0.4, -0.2) is 38.2 Å². The fraction of sp³-hybridized carbons (Fsp3) is 0.250. The third-order valence-corrected chi connectivity index (χ3v) is 5.27. The maximum atomic E-state index is 12.9. The van der Waals surface area contributed by atoms with Gasteiger partial charge in [0, 0.05) is 23.9 Å². The van der Waals surface area contributed by atoms with Gasteiger partial charge in [-0.2, -0.15) is 0 Å². The number of carbonyl (C=O) groups excluding carboxylic acids is 1. The highest BCUT2D eigenvalue weighted by atomic mass is 32.2. The predicted octanol–water partition coefficient (Wildman–Crippen LogP) is 3.34. The normalized spacial score (nSPS) is 11.9. The second kappa shape index (κ2) is 9.88. The van der Waals surface area contributed by atoms with Crippen molar-refractivity contribution in [3.05, 3.63) is 71.3 Å². The van der Waals surface area contributed by atoms with Crippen molar-refractivity contribution in [2.75, 3.05) is 22.5 Å². The third-order valence-electron chi connectivity index (χ3n) is 4.09. The number of benzene rings is 2. The van der Waals surface area contributed by atoms with E-state index >= 15 is 0 Å². The summed E-state index contributed by atoms with van der Waals surface area (Å²) in [7, 11) is -3.92. The highest BCUT2D eigenvalue weighted by molar-refractivity contribution is 7.92. The molecule has 0 aliphatic rings. The quantitative estimate of drug-likeness (QED) is 0.349. The number of amides is 1. The summed E-state index contributed by atoms with van der Waals surface area (Å²) in [6.07, 6.45) is 2.68. The number of sulfonamides is 1. The van der Waals surface area contributed by atoms with E-state index in [1.54, 1.807) is 37.3 Å². The molecule has 0 saturated carbocycles. The van der Waals surface area contributed by atoms with Gasteiger partial charge in [-0.25, -0.2) is 8.42 Å². The molecule has 2 rings (SSSR count). The molecule has 30 heavy (non-hydrogen) atoms. The standard InChI is InChI=1S/C20H23N3O6S/c1-4-12-29-18-11-6-8-15(13-18)21-20(24)19(5-2)22(30(3,27)28)16-9-7-10-17(14-16)23(25)26/h4,6-11,13-14,19H,1,5,12H2,2-3H3,(H,21,24). The number of hydrogen-bond donors (Lipinski definition) is 1. The zero-order valence-electron chi connectivity index (χ0n) is 16.6. The second-order valence-corrected chi connectivity index (χ2v) is 8.24. The fourth-order valence-corrected chi connectivity index (χ4v) is 4.05. The summed E-state index contributed by atoms with van der Waals surface area (Å²) in [6, 6.07) is 10.7. The minimum Gasteiger partial charge on any atom is -0.489 e. The summed E-state index contributed by atoms with van der Waals surface area (Å²) >= 11 is 0. The summed E-state index contributed by atoms with van der Waals surface area (Å²) in [4.78, 5) is 23.4. The molecule has 0 bridgehead atoms.